The molecule has 1 aromatic rings. The van der Waals surface area contributed by atoms with Gasteiger partial charge in [0.1, 0.15) is 10.5 Å². The fraction of sp³-hybridized carbons (Fsp3) is 0.636. The summed E-state index contributed by atoms with van der Waals surface area (Å²) >= 11 is 7.23. The molecular weight excluding hydrogens is 224 g/mol. The summed E-state index contributed by atoms with van der Waals surface area (Å²) in [7, 11) is 0. The van der Waals surface area contributed by atoms with Crippen molar-refractivity contribution in [2.75, 3.05) is 5.75 Å². The lowest BCUT2D eigenvalue weighted by atomic mass is 10.3. The molecule has 0 spiro atoms. The summed E-state index contributed by atoms with van der Waals surface area (Å²) in [4.78, 5) is 7.88. The van der Waals surface area contributed by atoms with E-state index in [-0.39, 0.29) is 0 Å². The van der Waals surface area contributed by atoms with Crippen LogP contribution in [-0.2, 0) is 18.6 Å². The van der Waals surface area contributed by atoms with Crippen LogP contribution in [0.3, 0.4) is 0 Å². The largest absolute Gasteiger partial charge is 0.346 e. The molecule has 0 unspecified atom stereocenters. The Kier molecular flexibility index (Phi) is 3.81. The minimum atomic E-state index is 0.827. The van der Waals surface area contributed by atoms with Gasteiger partial charge in [-0.25, -0.2) is 4.98 Å². The smallest absolute Gasteiger partial charge is 0.133 e. The van der Waals surface area contributed by atoms with E-state index in [4.69, 9.17) is 12.2 Å². The number of H-pyrrole nitrogens is 1. The maximum absolute atomic E-state index is 5.30. The number of nitrogens with one attached hydrogen (secondary N) is 1. The van der Waals surface area contributed by atoms with Crippen molar-refractivity contribution in [3.8, 4) is 0 Å². The molecule has 1 heterocycles. The van der Waals surface area contributed by atoms with Crippen molar-refractivity contribution in [1.29, 1.82) is 0 Å². The third kappa shape index (κ3) is 2.61. The Hall–Kier alpha value is -0.350. The van der Waals surface area contributed by atoms with E-state index in [1.165, 1.54) is 29.9 Å². The predicted octanol–water partition coefficient (Wildman–Crippen LogP) is 3.27. The summed E-state index contributed by atoms with van der Waals surface area (Å²) in [6, 6.07) is 0. The van der Waals surface area contributed by atoms with E-state index in [9.17, 15) is 0 Å². The number of thioether (sulfide) groups is 1. The molecular formula is C11H16N2S2. The van der Waals surface area contributed by atoms with Gasteiger partial charge in [-0.05, 0) is 31.4 Å². The second-order valence-electron chi connectivity index (χ2n) is 3.85. The van der Waals surface area contributed by atoms with Crippen LogP contribution in [0.2, 0.25) is 0 Å². The lowest BCUT2D eigenvalue weighted by Crippen LogP contribution is -1.99. The average Bonchev–Trinajstić information content (AvgIpc) is 2.66. The summed E-state index contributed by atoms with van der Waals surface area (Å²) in [5.74, 6) is 3.21. The Morgan fingerprint density at radius 2 is 2.33 bits per heavy atom. The second-order valence-corrected chi connectivity index (χ2v) is 5.34. The Bertz CT molecular complexity index is 398. The highest BCUT2D eigenvalue weighted by atomic mass is 32.2. The molecule has 2 rings (SSSR count). The molecule has 0 bridgehead atoms. The molecule has 4 heteroatoms. The molecule has 15 heavy (non-hydrogen) atoms. The first-order valence-electron chi connectivity index (χ1n) is 5.50. The van der Waals surface area contributed by atoms with Crippen molar-refractivity contribution in [2.24, 2.45) is 0 Å². The Morgan fingerprint density at radius 1 is 1.47 bits per heavy atom. The molecule has 1 aliphatic rings. The first kappa shape index (κ1) is 11.1. The van der Waals surface area contributed by atoms with Crippen LogP contribution in [0.15, 0.2) is 0 Å². The van der Waals surface area contributed by atoms with Gasteiger partial charge in [0, 0.05) is 11.3 Å². The zero-order valence-electron chi connectivity index (χ0n) is 9.01. The van der Waals surface area contributed by atoms with Crippen molar-refractivity contribution in [3.63, 3.8) is 0 Å². The van der Waals surface area contributed by atoms with E-state index in [0.29, 0.717) is 0 Å². The molecule has 0 amide bonds. The fourth-order valence-corrected chi connectivity index (χ4v) is 2.99. The molecule has 1 aromatic heterocycles. The third-order valence-corrected chi connectivity index (χ3v) is 4.11. The van der Waals surface area contributed by atoms with Crippen molar-refractivity contribution in [2.45, 2.75) is 38.4 Å². The lowest BCUT2D eigenvalue weighted by molar-refractivity contribution is 0.893. The van der Waals surface area contributed by atoms with Crippen LogP contribution in [-0.4, -0.2) is 15.7 Å². The summed E-state index contributed by atoms with van der Waals surface area (Å²) < 4.78 is 0.827. The van der Waals surface area contributed by atoms with E-state index in [1.54, 1.807) is 0 Å². The summed E-state index contributed by atoms with van der Waals surface area (Å²) in [5, 5.41) is 0. The molecule has 0 fully saturated rings. The molecule has 82 valence electrons. The summed E-state index contributed by atoms with van der Waals surface area (Å²) in [6.07, 6.45) is 4.70. The number of nitrogens with zero attached hydrogens (tertiary/aromatic N) is 1. The quantitative estimate of drug-likeness (QED) is 0.647. The zero-order chi connectivity index (χ0) is 10.7. The maximum Gasteiger partial charge on any atom is 0.133 e. The monoisotopic (exact) mass is 240 g/mol. The Balaban J connectivity index is 2.13. The number of aryl methyl sites for hydroxylation is 1. The fourth-order valence-electron chi connectivity index (χ4n) is 1.89. The van der Waals surface area contributed by atoms with Gasteiger partial charge in [0.2, 0.25) is 0 Å². The molecule has 0 saturated heterocycles. The summed E-state index contributed by atoms with van der Waals surface area (Å²) in [6.45, 7) is 2.20. The van der Waals surface area contributed by atoms with E-state index in [0.717, 1.165) is 29.1 Å². The van der Waals surface area contributed by atoms with Gasteiger partial charge in [0.05, 0.1) is 5.75 Å². The predicted molar refractivity (Wildman–Crippen MR) is 67.9 cm³/mol. The van der Waals surface area contributed by atoms with Gasteiger partial charge in [-0.3, -0.25) is 0 Å². The molecule has 1 N–H and O–H groups in total. The molecule has 0 saturated carbocycles. The Morgan fingerprint density at radius 3 is 3.13 bits per heavy atom. The molecule has 0 atom stereocenters. The number of rotatable bonds is 4. The van der Waals surface area contributed by atoms with Crippen LogP contribution < -0.4 is 0 Å². The standard InChI is InChI=1S/C11H16N2S2/c1-2-6-15-7-10-12-9-5-3-4-8(9)11(14)13-10/h2-7H2,1H3,(H,12,13,14). The first-order chi connectivity index (χ1) is 7.31. The van der Waals surface area contributed by atoms with Gasteiger partial charge in [0.25, 0.3) is 0 Å². The number of hydrogen-bond acceptors (Lipinski definition) is 3. The Labute approximate surface area is 99.9 Å². The van der Waals surface area contributed by atoms with Gasteiger partial charge in [-0.1, -0.05) is 19.1 Å². The van der Waals surface area contributed by atoms with Crippen molar-refractivity contribution >= 4 is 24.0 Å². The average molecular weight is 240 g/mol. The molecule has 1 aliphatic carbocycles. The van der Waals surface area contributed by atoms with Crippen molar-refractivity contribution in [3.05, 3.63) is 21.7 Å². The van der Waals surface area contributed by atoms with Crippen molar-refractivity contribution in [1.82, 2.24) is 9.97 Å². The van der Waals surface area contributed by atoms with E-state index in [2.05, 4.69) is 16.9 Å². The van der Waals surface area contributed by atoms with Gasteiger partial charge in [0.15, 0.2) is 0 Å². The number of fused-ring (bicyclic) bond motifs is 1. The molecule has 0 aromatic carbocycles. The number of aromatic nitrogens is 2. The first-order valence-corrected chi connectivity index (χ1v) is 7.06. The highest BCUT2D eigenvalue weighted by Gasteiger charge is 2.14. The number of hydrogen-bond donors (Lipinski definition) is 1. The highest BCUT2D eigenvalue weighted by molar-refractivity contribution is 7.98. The van der Waals surface area contributed by atoms with Crippen molar-refractivity contribution < 1.29 is 0 Å². The van der Waals surface area contributed by atoms with Gasteiger partial charge in [-0.2, -0.15) is 11.8 Å². The highest BCUT2D eigenvalue weighted by Crippen LogP contribution is 2.21. The van der Waals surface area contributed by atoms with E-state index < -0.39 is 0 Å². The molecule has 2 nitrogen and oxygen atoms in total. The van der Waals surface area contributed by atoms with Gasteiger partial charge >= 0.3 is 0 Å². The third-order valence-electron chi connectivity index (χ3n) is 2.59. The van der Waals surface area contributed by atoms with Crippen LogP contribution in [0.1, 0.15) is 36.8 Å². The van der Waals surface area contributed by atoms with E-state index >= 15 is 0 Å². The zero-order valence-corrected chi connectivity index (χ0v) is 10.6. The lowest BCUT2D eigenvalue weighted by Gasteiger charge is -2.04. The van der Waals surface area contributed by atoms with Crippen LogP contribution >= 0.6 is 24.0 Å². The topological polar surface area (TPSA) is 28.7 Å². The van der Waals surface area contributed by atoms with Crippen LogP contribution in [0.25, 0.3) is 0 Å². The van der Waals surface area contributed by atoms with Crippen LogP contribution in [0.5, 0.6) is 0 Å². The molecule has 0 radical (unpaired) electrons. The normalized spacial score (nSPS) is 14.2. The van der Waals surface area contributed by atoms with Gasteiger partial charge in [-0.15, -0.1) is 0 Å². The van der Waals surface area contributed by atoms with Crippen LogP contribution in [0, 0.1) is 4.64 Å². The van der Waals surface area contributed by atoms with E-state index in [1.807, 2.05) is 11.8 Å². The maximum atomic E-state index is 5.30. The molecule has 0 aliphatic heterocycles. The summed E-state index contributed by atoms with van der Waals surface area (Å²) in [5.41, 5.74) is 2.62. The van der Waals surface area contributed by atoms with Gasteiger partial charge < -0.3 is 4.98 Å². The SMILES string of the molecule is CCCSCc1nc(=S)c2c([nH]1)CCC2. The van der Waals surface area contributed by atoms with Crippen LogP contribution in [0.4, 0.5) is 0 Å². The second kappa shape index (κ2) is 5.12. The number of aromatic amines is 1. The minimum Gasteiger partial charge on any atom is -0.346 e. The minimum absolute atomic E-state index is 0.827.